The van der Waals surface area contributed by atoms with Gasteiger partial charge in [0, 0.05) is 31.2 Å². The molecule has 1 rings (SSSR count). The number of pyridine rings is 1. The number of unbranched alkanes of at least 4 members (excludes halogenated alkanes) is 13. The molecule has 0 aliphatic heterocycles. The summed E-state index contributed by atoms with van der Waals surface area (Å²) in [5.41, 5.74) is 0.648. The van der Waals surface area contributed by atoms with E-state index in [0.29, 0.717) is 11.4 Å². The van der Waals surface area contributed by atoms with Crippen molar-refractivity contribution in [1.29, 1.82) is 0 Å². The fourth-order valence-electron chi connectivity index (χ4n) is 3.94. The van der Waals surface area contributed by atoms with Gasteiger partial charge in [-0.05, 0) is 18.6 Å². The number of ether oxygens (including phenoxy) is 2. The summed E-state index contributed by atoms with van der Waals surface area (Å²) in [6.45, 7) is 5.57. The molecule has 0 saturated carbocycles. The lowest BCUT2D eigenvalue weighted by Gasteiger charge is -2.18. The fraction of sp³-hybridized carbons (Fsp3) is 0.759. The van der Waals surface area contributed by atoms with Crippen LogP contribution in [0.1, 0.15) is 109 Å². The summed E-state index contributed by atoms with van der Waals surface area (Å²) >= 11 is 1.69. The third-order valence-corrected chi connectivity index (χ3v) is 7.02. The molecular formula is C29H50N2O4S. The highest BCUT2D eigenvalue weighted by Gasteiger charge is 2.20. The quantitative estimate of drug-likeness (QED) is 0.137. The highest BCUT2D eigenvalue weighted by atomic mass is 32.2. The molecular weight excluding hydrogens is 472 g/mol. The van der Waals surface area contributed by atoms with Crippen molar-refractivity contribution in [2.75, 3.05) is 31.3 Å². The summed E-state index contributed by atoms with van der Waals surface area (Å²) in [5, 5.41) is 0. The standard InChI is InChI=1S/C29H50N2O4S/c1-3-4-5-6-7-8-9-10-11-12-13-14-15-18-21-34-22-24-36-25-23-35-29(33)31(27(2)32)26-28-19-16-17-20-30-28/h16-17,19-20H,3-15,18,21-26H2,1-2H3. The summed E-state index contributed by atoms with van der Waals surface area (Å²) < 4.78 is 11.0. The van der Waals surface area contributed by atoms with Gasteiger partial charge in [0.2, 0.25) is 5.91 Å². The van der Waals surface area contributed by atoms with Crippen LogP contribution in [-0.2, 0) is 20.8 Å². The van der Waals surface area contributed by atoms with Gasteiger partial charge in [0.15, 0.2) is 0 Å². The van der Waals surface area contributed by atoms with Gasteiger partial charge in [0.25, 0.3) is 0 Å². The van der Waals surface area contributed by atoms with Crippen molar-refractivity contribution < 1.29 is 19.1 Å². The van der Waals surface area contributed by atoms with Gasteiger partial charge in [-0.1, -0.05) is 96.5 Å². The molecule has 0 spiro atoms. The van der Waals surface area contributed by atoms with E-state index in [-0.39, 0.29) is 19.1 Å². The average Bonchev–Trinajstić information content (AvgIpc) is 2.88. The third-order valence-electron chi connectivity index (χ3n) is 6.11. The van der Waals surface area contributed by atoms with Crippen LogP contribution < -0.4 is 0 Å². The Balaban J connectivity index is 1.84. The third kappa shape index (κ3) is 18.6. The Hall–Kier alpha value is -1.60. The summed E-state index contributed by atoms with van der Waals surface area (Å²) in [4.78, 5) is 29.2. The second kappa shape index (κ2) is 23.8. The van der Waals surface area contributed by atoms with Crippen LogP contribution in [0.4, 0.5) is 4.79 Å². The second-order valence-electron chi connectivity index (χ2n) is 9.36. The summed E-state index contributed by atoms with van der Waals surface area (Å²) in [6, 6.07) is 5.39. The summed E-state index contributed by atoms with van der Waals surface area (Å²) in [6.07, 6.45) is 20.1. The van der Waals surface area contributed by atoms with Gasteiger partial charge in [0.05, 0.1) is 18.8 Å². The van der Waals surface area contributed by atoms with Crippen LogP contribution in [0, 0.1) is 0 Å². The number of rotatable bonds is 23. The number of amides is 2. The molecule has 1 aromatic heterocycles. The molecule has 0 saturated heterocycles. The van der Waals surface area contributed by atoms with Crippen LogP contribution in [0.5, 0.6) is 0 Å². The SMILES string of the molecule is CCCCCCCCCCCCCCCCOCCSCCOC(=O)N(Cc1ccccn1)C(C)=O. The van der Waals surface area contributed by atoms with Crippen LogP contribution >= 0.6 is 11.8 Å². The predicted octanol–water partition coefficient (Wildman–Crippen LogP) is 7.80. The molecule has 6 nitrogen and oxygen atoms in total. The molecule has 0 aliphatic rings. The first-order valence-electron chi connectivity index (χ1n) is 14.2. The number of aromatic nitrogens is 1. The van der Waals surface area contributed by atoms with Gasteiger partial charge in [-0.25, -0.2) is 9.69 Å². The van der Waals surface area contributed by atoms with Crippen LogP contribution in [0.25, 0.3) is 0 Å². The van der Waals surface area contributed by atoms with E-state index < -0.39 is 6.09 Å². The van der Waals surface area contributed by atoms with Crippen molar-refractivity contribution in [3.8, 4) is 0 Å². The van der Waals surface area contributed by atoms with Gasteiger partial charge < -0.3 is 9.47 Å². The summed E-state index contributed by atoms with van der Waals surface area (Å²) in [7, 11) is 0. The molecule has 0 fully saturated rings. The van der Waals surface area contributed by atoms with Crippen molar-refractivity contribution in [2.45, 2.75) is 110 Å². The van der Waals surface area contributed by atoms with Gasteiger partial charge in [-0.2, -0.15) is 11.8 Å². The maximum absolute atomic E-state index is 12.2. The number of imide groups is 1. The number of carbonyl (C=O) groups is 2. The topological polar surface area (TPSA) is 68.7 Å². The molecule has 1 aromatic rings. The summed E-state index contributed by atoms with van der Waals surface area (Å²) in [5.74, 6) is 1.21. The first kappa shape index (κ1) is 32.4. The largest absolute Gasteiger partial charge is 0.448 e. The first-order chi connectivity index (χ1) is 17.6. The lowest BCUT2D eigenvalue weighted by molar-refractivity contribution is -0.127. The lowest BCUT2D eigenvalue weighted by atomic mass is 10.0. The molecule has 0 unspecified atom stereocenters. The van der Waals surface area contributed by atoms with E-state index in [0.717, 1.165) is 30.3 Å². The maximum atomic E-state index is 12.2. The molecule has 206 valence electrons. The smallest absolute Gasteiger partial charge is 0.416 e. The van der Waals surface area contributed by atoms with Crippen LogP contribution in [0.15, 0.2) is 24.4 Å². The average molecular weight is 523 g/mol. The number of hydrogen-bond donors (Lipinski definition) is 0. The Labute approximate surface area is 224 Å². The second-order valence-corrected chi connectivity index (χ2v) is 10.6. The van der Waals surface area contributed by atoms with Gasteiger partial charge in [-0.3, -0.25) is 9.78 Å². The van der Waals surface area contributed by atoms with Crippen molar-refractivity contribution in [3.63, 3.8) is 0 Å². The molecule has 36 heavy (non-hydrogen) atoms. The van der Waals surface area contributed by atoms with E-state index in [1.54, 1.807) is 30.1 Å². The molecule has 7 heteroatoms. The molecule has 1 heterocycles. The molecule has 0 radical (unpaired) electrons. The monoisotopic (exact) mass is 522 g/mol. The van der Waals surface area contributed by atoms with Crippen molar-refractivity contribution in [2.24, 2.45) is 0 Å². The molecule has 0 N–H and O–H groups in total. The maximum Gasteiger partial charge on any atom is 0.416 e. The zero-order chi connectivity index (χ0) is 26.1. The Bertz CT molecular complexity index is 660. The van der Waals surface area contributed by atoms with E-state index in [4.69, 9.17) is 9.47 Å². The van der Waals surface area contributed by atoms with E-state index in [1.807, 2.05) is 6.07 Å². The fourth-order valence-corrected chi connectivity index (χ4v) is 4.59. The van der Waals surface area contributed by atoms with E-state index in [1.165, 1.54) is 90.4 Å². The van der Waals surface area contributed by atoms with Crippen LogP contribution in [0.2, 0.25) is 0 Å². The Kier molecular flexibility index (Phi) is 21.4. The lowest BCUT2D eigenvalue weighted by Crippen LogP contribution is -2.35. The van der Waals surface area contributed by atoms with Gasteiger partial charge in [0.1, 0.15) is 6.61 Å². The normalized spacial score (nSPS) is 10.9. The molecule has 0 atom stereocenters. The molecule has 0 aliphatic carbocycles. The Morgan fingerprint density at radius 3 is 1.94 bits per heavy atom. The highest BCUT2D eigenvalue weighted by Crippen LogP contribution is 2.13. The van der Waals surface area contributed by atoms with Crippen LogP contribution in [0.3, 0.4) is 0 Å². The Morgan fingerprint density at radius 2 is 1.39 bits per heavy atom. The van der Waals surface area contributed by atoms with Gasteiger partial charge in [-0.15, -0.1) is 0 Å². The zero-order valence-corrected chi connectivity index (χ0v) is 23.7. The minimum atomic E-state index is -0.622. The number of thioether (sulfide) groups is 1. The molecule has 0 bridgehead atoms. The Morgan fingerprint density at radius 1 is 0.806 bits per heavy atom. The van der Waals surface area contributed by atoms with E-state index >= 15 is 0 Å². The van der Waals surface area contributed by atoms with Gasteiger partial charge >= 0.3 is 6.09 Å². The highest BCUT2D eigenvalue weighted by molar-refractivity contribution is 7.99. The minimum absolute atomic E-state index is 0.120. The van der Waals surface area contributed by atoms with E-state index in [9.17, 15) is 9.59 Å². The van der Waals surface area contributed by atoms with Crippen molar-refractivity contribution in [3.05, 3.63) is 30.1 Å². The molecule has 0 aromatic carbocycles. The minimum Gasteiger partial charge on any atom is -0.448 e. The number of hydrogen-bond acceptors (Lipinski definition) is 6. The zero-order valence-electron chi connectivity index (χ0n) is 22.9. The first-order valence-corrected chi connectivity index (χ1v) is 15.3. The van der Waals surface area contributed by atoms with Crippen molar-refractivity contribution >= 4 is 23.8 Å². The van der Waals surface area contributed by atoms with Crippen molar-refractivity contribution in [1.82, 2.24) is 9.88 Å². The number of carbonyl (C=O) groups excluding carboxylic acids is 2. The number of nitrogens with zero attached hydrogens (tertiary/aromatic N) is 2. The molecule has 2 amide bonds. The van der Waals surface area contributed by atoms with E-state index in [2.05, 4.69) is 11.9 Å². The van der Waals surface area contributed by atoms with Crippen LogP contribution in [-0.4, -0.2) is 53.2 Å². The predicted molar refractivity (Wildman–Crippen MR) is 150 cm³/mol.